The molecule has 0 radical (unpaired) electrons. The Bertz CT molecular complexity index is 511. The van der Waals surface area contributed by atoms with Crippen molar-refractivity contribution in [2.45, 2.75) is 13.5 Å². The number of benzene rings is 1. The van der Waals surface area contributed by atoms with Crippen LogP contribution in [0.15, 0.2) is 36.5 Å². The molecular weight excluding hydrogens is 236 g/mol. The van der Waals surface area contributed by atoms with E-state index < -0.39 is 0 Å². The van der Waals surface area contributed by atoms with E-state index in [1.54, 1.807) is 6.20 Å². The van der Waals surface area contributed by atoms with E-state index in [-0.39, 0.29) is 0 Å². The van der Waals surface area contributed by atoms with Crippen LogP contribution in [0, 0.1) is 6.92 Å². The van der Waals surface area contributed by atoms with Crippen molar-refractivity contribution in [3.8, 4) is 5.88 Å². The Kier molecular flexibility index (Phi) is 3.49. The van der Waals surface area contributed by atoms with Crippen LogP contribution in [0.4, 0.5) is 5.69 Å². The van der Waals surface area contributed by atoms with Crippen LogP contribution in [-0.4, -0.2) is 4.98 Å². The topological polar surface area (TPSA) is 48.1 Å². The third-order valence-corrected chi connectivity index (χ3v) is 2.68. The summed E-state index contributed by atoms with van der Waals surface area (Å²) in [5.74, 6) is 0.576. The van der Waals surface area contributed by atoms with Gasteiger partial charge in [-0.1, -0.05) is 23.7 Å². The summed E-state index contributed by atoms with van der Waals surface area (Å²) in [5, 5.41) is 0.718. The van der Waals surface area contributed by atoms with Gasteiger partial charge in [-0.25, -0.2) is 4.98 Å². The minimum absolute atomic E-state index is 0.466. The van der Waals surface area contributed by atoms with Gasteiger partial charge < -0.3 is 10.5 Å². The van der Waals surface area contributed by atoms with Crippen LogP contribution in [-0.2, 0) is 6.61 Å². The van der Waals surface area contributed by atoms with Crippen LogP contribution in [0.5, 0.6) is 5.88 Å². The Morgan fingerprint density at radius 1 is 1.29 bits per heavy atom. The first-order chi connectivity index (χ1) is 8.15. The largest absolute Gasteiger partial charge is 0.473 e. The molecule has 4 heteroatoms. The summed E-state index contributed by atoms with van der Waals surface area (Å²) in [6.45, 7) is 2.39. The van der Waals surface area contributed by atoms with Crippen molar-refractivity contribution in [3.05, 3.63) is 52.7 Å². The predicted octanol–water partition coefficient (Wildman–Crippen LogP) is 3.20. The zero-order chi connectivity index (χ0) is 12.3. The highest BCUT2D eigenvalue weighted by Gasteiger charge is 2.00. The van der Waals surface area contributed by atoms with E-state index in [0.717, 1.165) is 16.1 Å². The minimum Gasteiger partial charge on any atom is -0.473 e. The molecule has 0 spiro atoms. The summed E-state index contributed by atoms with van der Waals surface area (Å²) < 4.78 is 5.56. The monoisotopic (exact) mass is 248 g/mol. The lowest BCUT2D eigenvalue weighted by Crippen LogP contribution is -1.99. The summed E-state index contributed by atoms with van der Waals surface area (Å²) in [4.78, 5) is 4.10. The van der Waals surface area contributed by atoms with Crippen molar-refractivity contribution in [2.75, 3.05) is 5.73 Å². The molecule has 0 atom stereocenters. The van der Waals surface area contributed by atoms with E-state index in [9.17, 15) is 0 Å². The van der Waals surface area contributed by atoms with Gasteiger partial charge in [0.25, 0.3) is 0 Å². The van der Waals surface area contributed by atoms with Crippen LogP contribution in [0.3, 0.4) is 0 Å². The number of nitrogens with zero attached hydrogens (tertiary/aromatic N) is 1. The van der Waals surface area contributed by atoms with Gasteiger partial charge in [0.05, 0.1) is 11.9 Å². The normalized spacial score (nSPS) is 10.2. The number of nitrogen functional groups attached to an aromatic ring is 1. The SMILES string of the molecule is Cc1cc(OCc2ccc(Cl)cc2)ncc1N. The zero-order valence-corrected chi connectivity index (χ0v) is 10.2. The number of rotatable bonds is 3. The Morgan fingerprint density at radius 3 is 2.65 bits per heavy atom. The van der Waals surface area contributed by atoms with Crippen LogP contribution in [0.1, 0.15) is 11.1 Å². The molecule has 0 aliphatic carbocycles. The molecule has 17 heavy (non-hydrogen) atoms. The maximum Gasteiger partial charge on any atom is 0.213 e. The second-order valence-electron chi connectivity index (χ2n) is 3.79. The Morgan fingerprint density at radius 2 is 2.00 bits per heavy atom. The van der Waals surface area contributed by atoms with E-state index in [2.05, 4.69) is 4.98 Å². The highest BCUT2D eigenvalue weighted by Crippen LogP contribution is 2.17. The Hall–Kier alpha value is -1.74. The van der Waals surface area contributed by atoms with E-state index in [0.29, 0.717) is 18.2 Å². The first kappa shape index (κ1) is 11.7. The third-order valence-electron chi connectivity index (χ3n) is 2.43. The van der Waals surface area contributed by atoms with Gasteiger partial charge >= 0.3 is 0 Å². The van der Waals surface area contributed by atoms with Crippen molar-refractivity contribution in [3.63, 3.8) is 0 Å². The standard InChI is InChI=1S/C13H13ClN2O/c1-9-6-13(16-7-12(9)15)17-8-10-2-4-11(14)5-3-10/h2-7H,8,15H2,1H3. The molecule has 3 nitrogen and oxygen atoms in total. The van der Waals surface area contributed by atoms with Crippen molar-refractivity contribution in [1.29, 1.82) is 0 Å². The molecule has 0 bridgehead atoms. The van der Waals surface area contributed by atoms with Crippen LogP contribution >= 0.6 is 11.6 Å². The van der Waals surface area contributed by atoms with Gasteiger partial charge in [0.15, 0.2) is 0 Å². The lowest BCUT2D eigenvalue weighted by Gasteiger charge is -2.07. The molecule has 2 N–H and O–H groups in total. The molecule has 2 rings (SSSR count). The summed E-state index contributed by atoms with van der Waals surface area (Å²) in [7, 11) is 0. The number of hydrogen-bond acceptors (Lipinski definition) is 3. The molecule has 0 aliphatic heterocycles. The van der Waals surface area contributed by atoms with Gasteiger partial charge in [-0.05, 0) is 30.2 Å². The molecule has 0 amide bonds. The molecule has 88 valence electrons. The lowest BCUT2D eigenvalue weighted by molar-refractivity contribution is 0.294. The van der Waals surface area contributed by atoms with E-state index in [4.69, 9.17) is 22.1 Å². The van der Waals surface area contributed by atoms with Crippen molar-refractivity contribution >= 4 is 17.3 Å². The van der Waals surface area contributed by atoms with Crippen molar-refractivity contribution < 1.29 is 4.74 Å². The molecule has 0 aliphatic rings. The average Bonchev–Trinajstić information content (AvgIpc) is 2.33. The molecular formula is C13H13ClN2O. The predicted molar refractivity (Wildman–Crippen MR) is 69.2 cm³/mol. The van der Waals surface area contributed by atoms with Crippen LogP contribution in [0.2, 0.25) is 5.02 Å². The first-order valence-electron chi connectivity index (χ1n) is 5.24. The fraction of sp³-hybridized carbons (Fsp3) is 0.154. The summed E-state index contributed by atoms with van der Waals surface area (Å²) in [5.41, 5.74) is 8.36. The fourth-order valence-corrected chi connectivity index (χ4v) is 1.48. The molecule has 0 saturated heterocycles. The van der Waals surface area contributed by atoms with Crippen LogP contribution < -0.4 is 10.5 Å². The number of anilines is 1. The summed E-state index contributed by atoms with van der Waals surface area (Å²) >= 11 is 5.80. The molecule has 0 saturated carbocycles. The van der Waals surface area contributed by atoms with Crippen molar-refractivity contribution in [1.82, 2.24) is 4.98 Å². The van der Waals surface area contributed by atoms with Gasteiger partial charge in [0, 0.05) is 11.1 Å². The molecule has 0 fully saturated rings. The lowest BCUT2D eigenvalue weighted by atomic mass is 10.2. The van der Waals surface area contributed by atoms with Gasteiger partial charge in [-0.15, -0.1) is 0 Å². The second kappa shape index (κ2) is 5.06. The number of aryl methyl sites for hydroxylation is 1. The highest BCUT2D eigenvalue weighted by atomic mass is 35.5. The number of ether oxygens (including phenoxy) is 1. The smallest absolute Gasteiger partial charge is 0.213 e. The third kappa shape index (κ3) is 3.11. The minimum atomic E-state index is 0.466. The Balaban J connectivity index is 2.02. The van der Waals surface area contributed by atoms with Gasteiger partial charge in [0.2, 0.25) is 5.88 Å². The molecule has 2 aromatic rings. The highest BCUT2D eigenvalue weighted by molar-refractivity contribution is 6.30. The number of aromatic nitrogens is 1. The molecule has 0 unspecified atom stereocenters. The average molecular weight is 249 g/mol. The summed E-state index contributed by atoms with van der Waals surface area (Å²) in [6.07, 6.45) is 1.60. The number of nitrogens with two attached hydrogens (primary N) is 1. The number of halogens is 1. The number of hydrogen-bond donors (Lipinski definition) is 1. The van der Waals surface area contributed by atoms with Gasteiger partial charge in [-0.2, -0.15) is 0 Å². The molecule has 1 aromatic heterocycles. The molecule has 1 heterocycles. The van der Waals surface area contributed by atoms with E-state index >= 15 is 0 Å². The maximum absolute atomic E-state index is 5.80. The summed E-state index contributed by atoms with van der Waals surface area (Å²) in [6, 6.07) is 9.34. The number of pyridine rings is 1. The van der Waals surface area contributed by atoms with Crippen molar-refractivity contribution in [2.24, 2.45) is 0 Å². The maximum atomic E-state index is 5.80. The van der Waals surface area contributed by atoms with E-state index in [1.165, 1.54) is 0 Å². The van der Waals surface area contributed by atoms with Gasteiger partial charge in [-0.3, -0.25) is 0 Å². The van der Waals surface area contributed by atoms with E-state index in [1.807, 2.05) is 37.3 Å². The van der Waals surface area contributed by atoms with Crippen LogP contribution in [0.25, 0.3) is 0 Å². The first-order valence-corrected chi connectivity index (χ1v) is 5.62. The van der Waals surface area contributed by atoms with Gasteiger partial charge in [0.1, 0.15) is 6.61 Å². The quantitative estimate of drug-likeness (QED) is 0.907. The molecule has 1 aromatic carbocycles. The Labute approximate surface area is 105 Å². The fourth-order valence-electron chi connectivity index (χ4n) is 1.36. The zero-order valence-electron chi connectivity index (χ0n) is 9.48. The second-order valence-corrected chi connectivity index (χ2v) is 4.23.